The van der Waals surface area contributed by atoms with Crippen molar-refractivity contribution in [3.05, 3.63) is 58.1 Å². The second-order valence-corrected chi connectivity index (χ2v) is 6.24. The zero-order valence-electron chi connectivity index (χ0n) is 10.4. The molecule has 19 heavy (non-hydrogen) atoms. The van der Waals surface area contributed by atoms with Gasteiger partial charge in [0, 0.05) is 20.4 Å². The fraction of sp³-hybridized carbons (Fsp3) is 0.188. The summed E-state index contributed by atoms with van der Waals surface area (Å²) in [7, 11) is 0. The first-order valence-corrected chi connectivity index (χ1v) is 7.50. The van der Waals surface area contributed by atoms with Gasteiger partial charge in [0.2, 0.25) is 0 Å². The summed E-state index contributed by atoms with van der Waals surface area (Å²) in [5, 5.41) is 0.598. The van der Waals surface area contributed by atoms with Crippen LogP contribution in [0.3, 0.4) is 0 Å². The molecule has 0 spiro atoms. The summed E-state index contributed by atoms with van der Waals surface area (Å²) in [6.07, 6.45) is 4.48. The topological polar surface area (TPSA) is 17.1 Å². The van der Waals surface area contributed by atoms with Crippen LogP contribution in [0.25, 0.3) is 0 Å². The van der Waals surface area contributed by atoms with E-state index in [1.807, 2.05) is 12.1 Å². The molecule has 3 rings (SSSR count). The Morgan fingerprint density at radius 2 is 1.89 bits per heavy atom. The number of aldehydes is 1. The van der Waals surface area contributed by atoms with Crippen LogP contribution in [-0.2, 0) is 12.8 Å². The Hall–Kier alpha value is -1.25. The van der Waals surface area contributed by atoms with Crippen LogP contribution in [0.2, 0.25) is 5.02 Å². The van der Waals surface area contributed by atoms with Gasteiger partial charge in [0.05, 0.1) is 0 Å². The summed E-state index contributed by atoms with van der Waals surface area (Å²) in [4.78, 5) is 13.2. The number of fused-ring (bicyclic) bond motifs is 1. The molecule has 1 aliphatic rings. The molecular formula is C16H13ClOS. The second-order valence-electron chi connectivity index (χ2n) is 4.69. The molecule has 1 nitrogen and oxygen atoms in total. The van der Waals surface area contributed by atoms with E-state index in [9.17, 15) is 4.79 Å². The zero-order chi connectivity index (χ0) is 13.2. The number of benzene rings is 2. The van der Waals surface area contributed by atoms with Crippen LogP contribution in [0.15, 0.2) is 46.2 Å². The van der Waals surface area contributed by atoms with Gasteiger partial charge < -0.3 is 0 Å². The molecule has 0 saturated carbocycles. The fourth-order valence-corrected chi connectivity index (χ4v) is 3.58. The SMILES string of the molecule is O=Cc1cc(Cl)ccc1Sc1ccc2c(c1)CCC2. The maximum Gasteiger partial charge on any atom is 0.151 e. The number of carbonyl (C=O) groups excluding carboxylic acids is 1. The molecule has 0 saturated heterocycles. The highest BCUT2D eigenvalue weighted by molar-refractivity contribution is 7.99. The maximum atomic E-state index is 11.1. The quantitative estimate of drug-likeness (QED) is 0.755. The molecule has 0 radical (unpaired) electrons. The van der Waals surface area contributed by atoms with Crippen molar-refractivity contribution in [1.29, 1.82) is 0 Å². The highest BCUT2D eigenvalue weighted by atomic mass is 35.5. The molecule has 0 heterocycles. The minimum Gasteiger partial charge on any atom is -0.298 e. The van der Waals surface area contributed by atoms with Gasteiger partial charge in [0.25, 0.3) is 0 Å². The third-order valence-corrected chi connectivity index (χ3v) is 4.71. The number of rotatable bonds is 3. The van der Waals surface area contributed by atoms with Crippen molar-refractivity contribution in [2.24, 2.45) is 0 Å². The van der Waals surface area contributed by atoms with Gasteiger partial charge >= 0.3 is 0 Å². The largest absolute Gasteiger partial charge is 0.298 e. The van der Waals surface area contributed by atoms with Gasteiger partial charge in [-0.05, 0) is 60.7 Å². The van der Waals surface area contributed by atoms with E-state index >= 15 is 0 Å². The van der Waals surface area contributed by atoms with Crippen LogP contribution in [0.5, 0.6) is 0 Å². The lowest BCUT2D eigenvalue weighted by molar-refractivity contribution is 0.112. The molecule has 3 heteroatoms. The molecular weight excluding hydrogens is 276 g/mol. The van der Waals surface area contributed by atoms with Crippen molar-refractivity contribution < 1.29 is 4.79 Å². The van der Waals surface area contributed by atoms with Crippen molar-refractivity contribution in [3.8, 4) is 0 Å². The number of aryl methyl sites for hydroxylation is 2. The van der Waals surface area contributed by atoms with Crippen molar-refractivity contribution in [2.45, 2.75) is 29.1 Å². The molecule has 96 valence electrons. The van der Waals surface area contributed by atoms with Gasteiger partial charge in [-0.1, -0.05) is 29.4 Å². The zero-order valence-corrected chi connectivity index (χ0v) is 11.9. The minimum absolute atomic E-state index is 0.598. The molecule has 0 unspecified atom stereocenters. The van der Waals surface area contributed by atoms with Gasteiger partial charge in [-0.15, -0.1) is 0 Å². The van der Waals surface area contributed by atoms with Gasteiger partial charge in [-0.25, -0.2) is 0 Å². The third kappa shape index (κ3) is 2.70. The Balaban J connectivity index is 1.91. The molecule has 1 aliphatic carbocycles. The first-order chi connectivity index (χ1) is 9.26. The normalized spacial score (nSPS) is 13.3. The Bertz CT molecular complexity index is 637. The second kappa shape index (κ2) is 5.40. The van der Waals surface area contributed by atoms with E-state index < -0.39 is 0 Å². The average molecular weight is 289 g/mol. The van der Waals surface area contributed by atoms with Crippen LogP contribution in [-0.4, -0.2) is 6.29 Å². The summed E-state index contributed by atoms with van der Waals surface area (Å²) < 4.78 is 0. The maximum absolute atomic E-state index is 11.1. The summed E-state index contributed by atoms with van der Waals surface area (Å²) in [5.41, 5.74) is 3.57. The molecule has 2 aromatic rings. The molecule has 0 fully saturated rings. The van der Waals surface area contributed by atoms with Crippen molar-refractivity contribution in [2.75, 3.05) is 0 Å². The van der Waals surface area contributed by atoms with E-state index in [2.05, 4.69) is 18.2 Å². The van der Waals surface area contributed by atoms with Crippen molar-refractivity contribution in [3.63, 3.8) is 0 Å². The molecule has 0 amide bonds. The fourth-order valence-electron chi connectivity index (χ4n) is 2.44. The highest BCUT2D eigenvalue weighted by Crippen LogP contribution is 2.34. The highest BCUT2D eigenvalue weighted by Gasteiger charge is 2.12. The number of hydrogen-bond donors (Lipinski definition) is 0. The molecule has 2 aromatic carbocycles. The standard InChI is InChI=1S/C16H13ClOS/c17-14-5-7-16(13(8-14)10-18)19-15-6-4-11-2-1-3-12(11)9-15/h4-10H,1-3H2. The Morgan fingerprint density at radius 1 is 1.05 bits per heavy atom. The smallest absolute Gasteiger partial charge is 0.151 e. The first-order valence-electron chi connectivity index (χ1n) is 6.30. The van der Waals surface area contributed by atoms with E-state index in [1.54, 1.807) is 17.8 Å². The summed E-state index contributed by atoms with van der Waals surface area (Å²) >= 11 is 7.53. The van der Waals surface area contributed by atoms with E-state index in [-0.39, 0.29) is 0 Å². The Kier molecular flexibility index (Phi) is 3.63. The van der Waals surface area contributed by atoms with Gasteiger partial charge in [0.15, 0.2) is 6.29 Å². The van der Waals surface area contributed by atoms with Crippen LogP contribution < -0.4 is 0 Å². The van der Waals surface area contributed by atoms with Crippen molar-refractivity contribution in [1.82, 2.24) is 0 Å². The molecule has 0 aromatic heterocycles. The third-order valence-electron chi connectivity index (χ3n) is 3.40. The van der Waals surface area contributed by atoms with Gasteiger partial charge in [-0.3, -0.25) is 4.79 Å². The van der Waals surface area contributed by atoms with E-state index in [1.165, 1.54) is 35.3 Å². The van der Waals surface area contributed by atoms with Crippen LogP contribution in [0.4, 0.5) is 0 Å². The summed E-state index contributed by atoms with van der Waals surface area (Å²) in [5.74, 6) is 0. The van der Waals surface area contributed by atoms with E-state index in [0.29, 0.717) is 10.6 Å². The lowest BCUT2D eigenvalue weighted by Crippen LogP contribution is -1.87. The number of hydrogen-bond acceptors (Lipinski definition) is 2. The monoisotopic (exact) mass is 288 g/mol. The predicted octanol–water partition coefficient (Wildman–Crippen LogP) is 4.79. The van der Waals surface area contributed by atoms with Crippen molar-refractivity contribution >= 4 is 29.6 Å². The first kappa shape index (κ1) is 12.8. The van der Waals surface area contributed by atoms with Crippen LogP contribution >= 0.6 is 23.4 Å². The van der Waals surface area contributed by atoms with E-state index in [4.69, 9.17) is 11.6 Å². The minimum atomic E-state index is 0.598. The lowest BCUT2D eigenvalue weighted by Gasteiger charge is -2.07. The van der Waals surface area contributed by atoms with Crippen LogP contribution in [0.1, 0.15) is 27.9 Å². The lowest BCUT2D eigenvalue weighted by atomic mass is 10.1. The molecule has 0 N–H and O–H groups in total. The predicted molar refractivity (Wildman–Crippen MR) is 79.4 cm³/mol. The van der Waals surface area contributed by atoms with Gasteiger partial charge in [0.1, 0.15) is 0 Å². The number of carbonyl (C=O) groups is 1. The molecule has 0 bridgehead atoms. The van der Waals surface area contributed by atoms with Gasteiger partial charge in [-0.2, -0.15) is 0 Å². The summed E-state index contributed by atoms with van der Waals surface area (Å²) in [6.45, 7) is 0. The summed E-state index contributed by atoms with van der Waals surface area (Å²) in [6, 6.07) is 12.0. The van der Waals surface area contributed by atoms with Crippen LogP contribution in [0, 0.1) is 0 Å². The average Bonchev–Trinajstić information content (AvgIpc) is 2.88. The Morgan fingerprint density at radius 3 is 2.74 bits per heavy atom. The number of halogens is 1. The molecule has 0 aliphatic heterocycles. The van der Waals surface area contributed by atoms with E-state index in [0.717, 1.165) is 11.2 Å². The Labute approximate surface area is 122 Å². The molecule has 0 atom stereocenters.